The van der Waals surface area contributed by atoms with Crippen LogP contribution in [0.2, 0.25) is 10.0 Å². The monoisotopic (exact) mass is 546 g/mol. The van der Waals surface area contributed by atoms with Crippen LogP contribution in [0.4, 0.5) is 5.82 Å². The molecule has 0 amide bonds. The van der Waals surface area contributed by atoms with Crippen LogP contribution in [0.25, 0.3) is 16.9 Å². The Hall–Kier alpha value is -3.55. The summed E-state index contributed by atoms with van der Waals surface area (Å²) in [6.45, 7) is 0.873. The van der Waals surface area contributed by atoms with Gasteiger partial charge in [-0.15, -0.1) is 5.10 Å². The van der Waals surface area contributed by atoms with Gasteiger partial charge in [-0.2, -0.15) is 0 Å². The van der Waals surface area contributed by atoms with Gasteiger partial charge in [-0.1, -0.05) is 59.8 Å². The van der Waals surface area contributed by atoms with Gasteiger partial charge < -0.3 is 10.1 Å². The molecule has 1 aliphatic carbocycles. The number of fused-ring (bicyclic) bond motifs is 1. The van der Waals surface area contributed by atoms with E-state index in [0.29, 0.717) is 29.2 Å². The number of benzene rings is 2. The summed E-state index contributed by atoms with van der Waals surface area (Å²) in [5, 5.41) is 13.3. The molecule has 3 aromatic heterocycles. The van der Waals surface area contributed by atoms with Crippen LogP contribution >= 0.6 is 23.2 Å². The number of hydrogen-bond acceptors (Lipinski definition) is 5. The Balaban J connectivity index is 1.14. The van der Waals surface area contributed by atoms with Gasteiger partial charge in [0.25, 0.3) is 0 Å². The molecule has 0 bridgehead atoms. The predicted octanol–water partition coefficient (Wildman–Crippen LogP) is 7.27. The molecule has 0 saturated heterocycles. The van der Waals surface area contributed by atoms with E-state index < -0.39 is 0 Å². The quantitative estimate of drug-likeness (QED) is 0.221. The fraction of sp³-hybridized carbons (Fsp3) is 0.276. The molecule has 2 aromatic carbocycles. The van der Waals surface area contributed by atoms with Crippen LogP contribution in [-0.2, 0) is 13.2 Å². The first kappa shape index (κ1) is 24.8. The van der Waals surface area contributed by atoms with Crippen molar-refractivity contribution in [1.82, 2.24) is 24.4 Å². The van der Waals surface area contributed by atoms with Crippen molar-refractivity contribution in [1.29, 1.82) is 0 Å². The second-order valence-electron chi connectivity index (χ2n) is 9.69. The lowest BCUT2D eigenvalue weighted by atomic mass is 9.95. The summed E-state index contributed by atoms with van der Waals surface area (Å²) >= 11 is 12.1. The van der Waals surface area contributed by atoms with E-state index in [2.05, 4.69) is 38.4 Å². The number of rotatable bonds is 8. The second-order valence-corrected chi connectivity index (χ2v) is 10.5. The largest absolute Gasteiger partial charge is 0.487 e. The third-order valence-corrected chi connectivity index (χ3v) is 7.64. The Morgan fingerprint density at radius 3 is 2.61 bits per heavy atom. The van der Waals surface area contributed by atoms with E-state index in [0.717, 1.165) is 39.7 Å². The molecule has 0 atom stereocenters. The Bertz CT molecular complexity index is 1540. The zero-order chi connectivity index (χ0) is 25.9. The highest BCUT2D eigenvalue weighted by Crippen LogP contribution is 2.32. The zero-order valence-corrected chi connectivity index (χ0v) is 22.4. The molecule has 1 aliphatic rings. The van der Waals surface area contributed by atoms with E-state index in [1.165, 1.54) is 32.1 Å². The summed E-state index contributed by atoms with van der Waals surface area (Å²) in [6, 6.07) is 20.2. The molecule has 0 spiro atoms. The van der Waals surface area contributed by atoms with Gasteiger partial charge in [0.15, 0.2) is 0 Å². The van der Waals surface area contributed by atoms with E-state index in [4.69, 9.17) is 32.9 Å². The van der Waals surface area contributed by atoms with Crippen LogP contribution in [0.5, 0.6) is 5.75 Å². The van der Waals surface area contributed by atoms with E-state index in [-0.39, 0.29) is 0 Å². The lowest BCUT2D eigenvalue weighted by Gasteiger charge is -2.24. The minimum atomic E-state index is 0.323. The van der Waals surface area contributed by atoms with Gasteiger partial charge in [0, 0.05) is 17.8 Å². The van der Waals surface area contributed by atoms with Gasteiger partial charge in [-0.3, -0.25) is 4.40 Å². The molecule has 1 saturated carbocycles. The summed E-state index contributed by atoms with van der Waals surface area (Å²) in [5.74, 6) is 1.82. The molecule has 6 rings (SSSR count). The molecule has 194 valence electrons. The van der Waals surface area contributed by atoms with E-state index in [9.17, 15) is 0 Å². The molecule has 0 aliphatic heterocycles. The summed E-state index contributed by atoms with van der Waals surface area (Å²) in [5.41, 5.74) is 4.68. The first-order valence-corrected chi connectivity index (χ1v) is 13.7. The Morgan fingerprint density at radius 1 is 0.947 bits per heavy atom. The summed E-state index contributed by atoms with van der Waals surface area (Å²) in [7, 11) is 0. The van der Waals surface area contributed by atoms with Crippen molar-refractivity contribution < 1.29 is 4.74 Å². The number of nitrogens with zero attached hydrogens (tertiary/aromatic N) is 5. The van der Waals surface area contributed by atoms with Crippen molar-refractivity contribution in [3.8, 4) is 17.0 Å². The van der Waals surface area contributed by atoms with E-state index in [1.807, 2.05) is 48.7 Å². The number of nitrogens with one attached hydrogen (secondary N) is 1. The lowest BCUT2D eigenvalue weighted by molar-refractivity contribution is 0.301. The Kier molecular flexibility index (Phi) is 7.20. The molecule has 0 unspecified atom stereocenters. The van der Waals surface area contributed by atoms with Crippen LogP contribution in [0.1, 0.15) is 43.4 Å². The third kappa shape index (κ3) is 5.49. The Morgan fingerprint density at radius 2 is 1.79 bits per heavy atom. The molecule has 9 heteroatoms. The van der Waals surface area contributed by atoms with Crippen LogP contribution in [0.3, 0.4) is 0 Å². The van der Waals surface area contributed by atoms with Crippen molar-refractivity contribution in [2.75, 3.05) is 5.32 Å². The Labute approximate surface area is 231 Å². The number of pyridine rings is 1. The zero-order valence-electron chi connectivity index (χ0n) is 20.9. The maximum absolute atomic E-state index is 6.12. The predicted molar refractivity (Wildman–Crippen MR) is 151 cm³/mol. The van der Waals surface area contributed by atoms with E-state index >= 15 is 0 Å². The van der Waals surface area contributed by atoms with Crippen molar-refractivity contribution in [3.63, 3.8) is 0 Å². The SMILES string of the molecule is Clc1ccc(Cn2cc(COc3ccc(-c4nc5ccccn5c4NC4CCCCC4)cc3)nn2)cc1Cl. The van der Waals surface area contributed by atoms with Crippen molar-refractivity contribution in [3.05, 3.63) is 94.4 Å². The van der Waals surface area contributed by atoms with E-state index in [1.54, 1.807) is 10.7 Å². The lowest BCUT2D eigenvalue weighted by Crippen LogP contribution is -2.23. The smallest absolute Gasteiger partial charge is 0.139 e. The fourth-order valence-electron chi connectivity index (χ4n) is 4.95. The number of ether oxygens (including phenoxy) is 1. The fourth-order valence-corrected chi connectivity index (χ4v) is 5.27. The molecule has 38 heavy (non-hydrogen) atoms. The van der Waals surface area contributed by atoms with Crippen molar-refractivity contribution >= 4 is 34.7 Å². The van der Waals surface area contributed by atoms with Gasteiger partial charge in [-0.05, 0) is 66.9 Å². The molecule has 5 aromatic rings. The number of halogens is 2. The summed E-state index contributed by atoms with van der Waals surface area (Å²) in [6.07, 6.45) is 10.2. The highest BCUT2D eigenvalue weighted by Gasteiger charge is 2.19. The highest BCUT2D eigenvalue weighted by molar-refractivity contribution is 6.42. The van der Waals surface area contributed by atoms with Gasteiger partial charge >= 0.3 is 0 Å². The normalized spacial score (nSPS) is 14.2. The number of hydrogen-bond donors (Lipinski definition) is 1. The minimum Gasteiger partial charge on any atom is -0.487 e. The molecular formula is C29H28Cl2N6O. The number of aromatic nitrogens is 5. The first-order valence-electron chi connectivity index (χ1n) is 12.9. The third-order valence-electron chi connectivity index (χ3n) is 6.91. The van der Waals surface area contributed by atoms with Crippen molar-refractivity contribution in [2.45, 2.75) is 51.3 Å². The molecule has 7 nitrogen and oxygen atoms in total. The van der Waals surface area contributed by atoms with Gasteiger partial charge in [0.05, 0.1) is 22.8 Å². The van der Waals surface area contributed by atoms with Crippen LogP contribution in [0, 0.1) is 0 Å². The number of anilines is 1. The standard InChI is InChI=1S/C29H28Cl2N6O/c30-25-14-9-20(16-26(25)31)17-36-18-23(34-35-36)19-38-24-12-10-21(11-13-24)28-29(32-22-6-2-1-3-7-22)37-15-5-4-8-27(37)33-28/h4-5,8-16,18,22,32H,1-3,6-7,17,19H2. The van der Waals surface area contributed by atoms with Crippen molar-refractivity contribution in [2.24, 2.45) is 0 Å². The average Bonchev–Trinajstić information content (AvgIpc) is 3.55. The van der Waals surface area contributed by atoms with Crippen LogP contribution in [0.15, 0.2) is 73.1 Å². The molecule has 3 heterocycles. The minimum absolute atomic E-state index is 0.323. The first-order chi connectivity index (χ1) is 18.6. The molecular weight excluding hydrogens is 519 g/mol. The molecule has 0 radical (unpaired) electrons. The second kappa shape index (κ2) is 11.1. The van der Waals surface area contributed by atoms with Crippen LogP contribution in [-0.4, -0.2) is 30.4 Å². The summed E-state index contributed by atoms with van der Waals surface area (Å²) in [4.78, 5) is 4.94. The maximum atomic E-state index is 6.12. The average molecular weight is 547 g/mol. The summed E-state index contributed by atoms with van der Waals surface area (Å²) < 4.78 is 9.90. The maximum Gasteiger partial charge on any atom is 0.139 e. The highest BCUT2D eigenvalue weighted by atomic mass is 35.5. The van der Waals surface area contributed by atoms with Crippen LogP contribution < -0.4 is 10.1 Å². The van der Waals surface area contributed by atoms with Gasteiger partial charge in [0.2, 0.25) is 0 Å². The topological polar surface area (TPSA) is 69.3 Å². The van der Waals surface area contributed by atoms with Gasteiger partial charge in [-0.25, -0.2) is 9.67 Å². The molecule has 1 fully saturated rings. The number of imidazole rings is 1. The van der Waals surface area contributed by atoms with Gasteiger partial charge in [0.1, 0.15) is 35.2 Å². The molecule has 1 N–H and O–H groups in total.